The number of amides is 1. The molecule has 17 heavy (non-hydrogen) atoms. The molecule has 0 aliphatic heterocycles. The van der Waals surface area contributed by atoms with Gasteiger partial charge in [0.1, 0.15) is 0 Å². The molecule has 0 aromatic heterocycles. The molecule has 3 heteroatoms. The summed E-state index contributed by atoms with van der Waals surface area (Å²) in [5, 5.41) is 0. The van der Waals surface area contributed by atoms with Gasteiger partial charge in [-0.05, 0) is 30.0 Å². The summed E-state index contributed by atoms with van der Waals surface area (Å²) in [6, 6.07) is 6.27. The number of aryl methyl sites for hydroxylation is 1. The summed E-state index contributed by atoms with van der Waals surface area (Å²) in [5.74, 6) is 0.531. The van der Waals surface area contributed by atoms with Gasteiger partial charge in [0.25, 0.3) is 0 Å². The summed E-state index contributed by atoms with van der Waals surface area (Å²) in [4.78, 5) is 13.5. The summed E-state index contributed by atoms with van der Waals surface area (Å²) in [6.07, 6.45) is 0.391. The van der Waals surface area contributed by atoms with Gasteiger partial charge in [0.2, 0.25) is 5.91 Å². The van der Waals surface area contributed by atoms with Gasteiger partial charge in [-0.3, -0.25) is 4.79 Å². The molecule has 1 rings (SSSR count). The summed E-state index contributed by atoms with van der Waals surface area (Å²) >= 11 is 0. The number of carbonyl (C=O) groups excluding carboxylic acids is 1. The number of hydrogen-bond donors (Lipinski definition) is 1. The standard InChI is InChI=1S/C14H22N2O/c1-10(2)12-6-5-11(3)13(9-12)16(4)14(17)7-8-15/h5-6,9-10H,7-8,15H2,1-4H3. The van der Waals surface area contributed by atoms with Gasteiger partial charge in [0.05, 0.1) is 0 Å². The molecule has 0 radical (unpaired) electrons. The first kappa shape index (κ1) is 13.7. The van der Waals surface area contributed by atoms with Crippen molar-refractivity contribution in [2.45, 2.75) is 33.1 Å². The van der Waals surface area contributed by atoms with Crippen LogP contribution in [0.5, 0.6) is 0 Å². The molecule has 0 bridgehead atoms. The number of benzene rings is 1. The van der Waals surface area contributed by atoms with Crippen LogP contribution in [0.2, 0.25) is 0 Å². The molecular formula is C14H22N2O. The topological polar surface area (TPSA) is 46.3 Å². The first-order valence-corrected chi connectivity index (χ1v) is 6.04. The van der Waals surface area contributed by atoms with Crippen LogP contribution in [0.1, 0.15) is 37.3 Å². The maximum absolute atomic E-state index is 11.8. The second-order valence-corrected chi connectivity index (χ2v) is 4.69. The average Bonchev–Trinajstić information content (AvgIpc) is 2.28. The molecular weight excluding hydrogens is 212 g/mol. The molecule has 2 N–H and O–H groups in total. The Kier molecular flexibility index (Phi) is 4.70. The van der Waals surface area contributed by atoms with Crippen molar-refractivity contribution in [3.8, 4) is 0 Å². The van der Waals surface area contributed by atoms with Crippen molar-refractivity contribution in [1.29, 1.82) is 0 Å². The van der Waals surface area contributed by atoms with E-state index in [0.29, 0.717) is 18.9 Å². The molecule has 0 aliphatic carbocycles. The van der Waals surface area contributed by atoms with Gasteiger partial charge in [-0.2, -0.15) is 0 Å². The van der Waals surface area contributed by atoms with Gasteiger partial charge >= 0.3 is 0 Å². The van der Waals surface area contributed by atoms with Crippen LogP contribution in [0.3, 0.4) is 0 Å². The number of anilines is 1. The molecule has 0 saturated heterocycles. The van der Waals surface area contributed by atoms with Gasteiger partial charge in [-0.25, -0.2) is 0 Å². The largest absolute Gasteiger partial charge is 0.330 e. The van der Waals surface area contributed by atoms with Crippen molar-refractivity contribution in [2.24, 2.45) is 5.73 Å². The molecule has 1 amide bonds. The first-order chi connectivity index (χ1) is 7.97. The molecule has 1 aromatic rings. The Morgan fingerprint density at radius 3 is 2.59 bits per heavy atom. The lowest BCUT2D eigenvalue weighted by Gasteiger charge is -2.21. The minimum absolute atomic E-state index is 0.0662. The number of rotatable bonds is 4. The van der Waals surface area contributed by atoms with Crippen LogP contribution < -0.4 is 10.6 Å². The molecule has 0 fully saturated rings. The monoisotopic (exact) mass is 234 g/mol. The molecule has 3 nitrogen and oxygen atoms in total. The Labute approximate surface area is 104 Å². The van der Waals surface area contributed by atoms with Crippen LogP contribution in [0, 0.1) is 6.92 Å². The Morgan fingerprint density at radius 2 is 2.06 bits per heavy atom. The third-order valence-electron chi connectivity index (χ3n) is 2.99. The molecule has 94 valence electrons. The van der Waals surface area contributed by atoms with E-state index in [1.807, 2.05) is 14.0 Å². The summed E-state index contributed by atoms with van der Waals surface area (Å²) in [7, 11) is 1.81. The normalized spacial score (nSPS) is 10.7. The van der Waals surface area contributed by atoms with Crippen LogP contribution in [-0.4, -0.2) is 19.5 Å². The molecule has 0 heterocycles. The fourth-order valence-corrected chi connectivity index (χ4v) is 1.77. The third-order valence-corrected chi connectivity index (χ3v) is 2.99. The van der Waals surface area contributed by atoms with Crippen molar-refractivity contribution >= 4 is 11.6 Å². The van der Waals surface area contributed by atoms with Crippen molar-refractivity contribution in [2.75, 3.05) is 18.5 Å². The summed E-state index contributed by atoms with van der Waals surface area (Å²) in [5.41, 5.74) is 8.76. The van der Waals surface area contributed by atoms with Crippen molar-refractivity contribution in [3.63, 3.8) is 0 Å². The van der Waals surface area contributed by atoms with Crippen LogP contribution in [0.15, 0.2) is 18.2 Å². The lowest BCUT2D eigenvalue weighted by molar-refractivity contribution is -0.118. The van der Waals surface area contributed by atoms with Crippen LogP contribution in [0.25, 0.3) is 0 Å². The highest BCUT2D eigenvalue weighted by molar-refractivity contribution is 5.93. The Balaban J connectivity index is 3.03. The molecule has 0 atom stereocenters. The number of carbonyl (C=O) groups is 1. The van der Waals surface area contributed by atoms with Crippen molar-refractivity contribution in [1.82, 2.24) is 0 Å². The van der Waals surface area contributed by atoms with E-state index in [9.17, 15) is 4.79 Å². The Bertz CT molecular complexity index is 399. The van der Waals surface area contributed by atoms with E-state index in [2.05, 4.69) is 32.0 Å². The molecule has 0 aliphatic rings. The highest BCUT2D eigenvalue weighted by Crippen LogP contribution is 2.25. The van der Waals surface area contributed by atoms with Crippen LogP contribution in [-0.2, 0) is 4.79 Å². The quantitative estimate of drug-likeness (QED) is 0.869. The zero-order valence-electron chi connectivity index (χ0n) is 11.2. The van der Waals surface area contributed by atoms with Gasteiger partial charge in [0, 0.05) is 25.7 Å². The summed E-state index contributed by atoms with van der Waals surface area (Å²) in [6.45, 7) is 6.71. The predicted molar refractivity (Wildman–Crippen MR) is 72.3 cm³/mol. The second kappa shape index (κ2) is 5.82. The smallest absolute Gasteiger partial charge is 0.227 e. The number of nitrogens with two attached hydrogens (primary N) is 1. The fraction of sp³-hybridized carbons (Fsp3) is 0.500. The van der Waals surface area contributed by atoms with E-state index in [4.69, 9.17) is 5.73 Å². The average molecular weight is 234 g/mol. The third kappa shape index (κ3) is 3.30. The van der Waals surface area contributed by atoms with Gasteiger partial charge in [-0.15, -0.1) is 0 Å². The predicted octanol–water partition coefficient (Wildman–Crippen LogP) is 2.43. The second-order valence-electron chi connectivity index (χ2n) is 4.69. The molecule has 0 unspecified atom stereocenters. The zero-order valence-corrected chi connectivity index (χ0v) is 11.2. The molecule has 0 saturated carbocycles. The lowest BCUT2D eigenvalue weighted by atomic mass is 10.00. The summed E-state index contributed by atoms with van der Waals surface area (Å²) < 4.78 is 0. The maximum Gasteiger partial charge on any atom is 0.227 e. The number of nitrogens with zero attached hydrogens (tertiary/aromatic N) is 1. The van der Waals surface area contributed by atoms with Gasteiger partial charge in [0.15, 0.2) is 0 Å². The van der Waals surface area contributed by atoms with Crippen LogP contribution in [0.4, 0.5) is 5.69 Å². The Hall–Kier alpha value is -1.35. The van der Waals surface area contributed by atoms with E-state index in [-0.39, 0.29) is 5.91 Å². The maximum atomic E-state index is 11.8. The van der Waals surface area contributed by atoms with Gasteiger partial charge < -0.3 is 10.6 Å². The van der Waals surface area contributed by atoms with Crippen molar-refractivity contribution < 1.29 is 4.79 Å². The zero-order chi connectivity index (χ0) is 13.0. The highest BCUT2D eigenvalue weighted by Gasteiger charge is 2.13. The van der Waals surface area contributed by atoms with E-state index >= 15 is 0 Å². The van der Waals surface area contributed by atoms with E-state index < -0.39 is 0 Å². The SMILES string of the molecule is Cc1ccc(C(C)C)cc1N(C)C(=O)CCN. The Morgan fingerprint density at radius 1 is 1.41 bits per heavy atom. The van der Waals surface area contributed by atoms with E-state index in [0.717, 1.165) is 11.3 Å². The first-order valence-electron chi connectivity index (χ1n) is 6.04. The van der Waals surface area contributed by atoms with Crippen LogP contribution >= 0.6 is 0 Å². The fourth-order valence-electron chi connectivity index (χ4n) is 1.77. The lowest BCUT2D eigenvalue weighted by Crippen LogP contribution is -2.28. The van der Waals surface area contributed by atoms with E-state index in [1.54, 1.807) is 4.90 Å². The molecule has 1 aromatic carbocycles. The van der Waals surface area contributed by atoms with E-state index in [1.165, 1.54) is 5.56 Å². The molecule has 0 spiro atoms. The number of hydrogen-bond acceptors (Lipinski definition) is 2. The highest BCUT2D eigenvalue weighted by atomic mass is 16.2. The van der Waals surface area contributed by atoms with Crippen molar-refractivity contribution in [3.05, 3.63) is 29.3 Å². The van der Waals surface area contributed by atoms with Gasteiger partial charge in [-0.1, -0.05) is 26.0 Å². The minimum atomic E-state index is 0.0662. The minimum Gasteiger partial charge on any atom is -0.330 e.